The van der Waals surface area contributed by atoms with Gasteiger partial charge in [-0.3, -0.25) is 14.2 Å². The zero-order valence-corrected chi connectivity index (χ0v) is 17.9. The van der Waals surface area contributed by atoms with Crippen molar-refractivity contribution >= 4 is 34.9 Å². The van der Waals surface area contributed by atoms with Crippen LogP contribution in [0.3, 0.4) is 0 Å². The number of anilines is 2. The van der Waals surface area contributed by atoms with Gasteiger partial charge >= 0.3 is 6.03 Å². The maximum absolute atomic E-state index is 14.1. The Morgan fingerprint density at radius 3 is 2.24 bits per heavy atom. The van der Waals surface area contributed by atoms with Crippen LogP contribution in [0.15, 0.2) is 77.7 Å². The number of amides is 3. The Labute approximate surface area is 192 Å². The van der Waals surface area contributed by atoms with Crippen LogP contribution >= 0.6 is 11.6 Å². The van der Waals surface area contributed by atoms with Crippen molar-refractivity contribution in [1.29, 1.82) is 0 Å². The molecule has 7 nitrogen and oxygen atoms in total. The number of aromatic nitrogens is 1. The van der Waals surface area contributed by atoms with E-state index in [1.54, 1.807) is 54.7 Å². The number of hydrogen-bond acceptors (Lipinski definition) is 3. The van der Waals surface area contributed by atoms with E-state index in [0.717, 1.165) is 4.90 Å². The smallest absolute Gasteiger partial charge is 0.322 e. The largest absolute Gasteiger partial charge is 0.324 e. The molecule has 3 amide bonds. The second-order valence-corrected chi connectivity index (χ2v) is 8.02. The fraction of sp³-hybridized carbons (Fsp3) is 0.174. The van der Waals surface area contributed by atoms with Crippen molar-refractivity contribution in [3.8, 4) is 5.69 Å². The van der Waals surface area contributed by atoms with Crippen LogP contribution in [0.1, 0.15) is 6.42 Å². The Morgan fingerprint density at radius 2 is 1.58 bits per heavy atom. The van der Waals surface area contributed by atoms with Crippen LogP contribution in [0, 0.1) is 0 Å². The maximum atomic E-state index is 14.1. The molecule has 1 aromatic heterocycles. The number of urea groups is 1. The Bertz CT molecular complexity index is 1230. The quantitative estimate of drug-likeness (QED) is 0.591. The van der Waals surface area contributed by atoms with Gasteiger partial charge < -0.3 is 15.5 Å². The highest BCUT2D eigenvalue weighted by Gasteiger charge is 2.50. The summed E-state index contributed by atoms with van der Waals surface area (Å²) in [5.74, 6) is -3.93. The third-order valence-electron chi connectivity index (χ3n) is 5.16. The van der Waals surface area contributed by atoms with Gasteiger partial charge in [-0.1, -0.05) is 17.7 Å². The summed E-state index contributed by atoms with van der Waals surface area (Å²) in [6.07, 6.45) is 0.818. The van der Waals surface area contributed by atoms with Gasteiger partial charge in [0.1, 0.15) is 6.04 Å². The first kappa shape index (κ1) is 22.5. The monoisotopic (exact) mass is 472 g/mol. The second kappa shape index (κ2) is 9.03. The standard InChI is InChI=1S/C23H19ClF2N4O3/c24-15-4-6-17(7-5-15)28-22(33)30-14-23(25,26)13-19(30)21(32)27-16-8-10-18(11-9-16)29-12-2-1-3-20(29)31/h1-12,19H,13-14H2,(H,27,32)(H,28,33). The fourth-order valence-corrected chi connectivity index (χ4v) is 3.69. The van der Waals surface area contributed by atoms with Gasteiger partial charge in [0.2, 0.25) is 5.91 Å². The van der Waals surface area contributed by atoms with Crippen LogP contribution in [-0.4, -0.2) is 39.9 Å². The molecule has 2 heterocycles. The summed E-state index contributed by atoms with van der Waals surface area (Å²) >= 11 is 5.81. The minimum atomic E-state index is -3.20. The molecular formula is C23H19ClF2N4O3. The zero-order chi connectivity index (χ0) is 23.6. The topological polar surface area (TPSA) is 83.4 Å². The highest BCUT2D eigenvalue weighted by Crippen LogP contribution is 2.33. The average Bonchev–Trinajstić information content (AvgIpc) is 3.12. The number of carbonyl (C=O) groups is 2. The lowest BCUT2D eigenvalue weighted by Gasteiger charge is -2.23. The van der Waals surface area contributed by atoms with Crippen LogP contribution in [0.5, 0.6) is 0 Å². The molecule has 1 aliphatic rings. The zero-order valence-electron chi connectivity index (χ0n) is 17.2. The lowest BCUT2D eigenvalue weighted by Crippen LogP contribution is -2.45. The summed E-state index contributed by atoms with van der Waals surface area (Å²) in [7, 11) is 0. The lowest BCUT2D eigenvalue weighted by molar-refractivity contribution is -0.119. The third-order valence-corrected chi connectivity index (χ3v) is 5.42. The highest BCUT2D eigenvalue weighted by atomic mass is 35.5. The molecule has 1 saturated heterocycles. The molecule has 1 atom stereocenters. The third kappa shape index (κ3) is 5.20. The van der Waals surface area contributed by atoms with Gasteiger partial charge in [0.05, 0.1) is 6.54 Å². The molecular weight excluding hydrogens is 454 g/mol. The van der Waals surface area contributed by atoms with E-state index in [9.17, 15) is 23.2 Å². The molecule has 1 fully saturated rings. The summed E-state index contributed by atoms with van der Waals surface area (Å²) in [4.78, 5) is 38.2. The number of benzene rings is 2. The van der Waals surface area contributed by atoms with Gasteiger partial charge in [0, 0.05) is 40.8 Å². The summed E-state index contributed by atoms with van der Waals surface area (Å²) in [5, 5.41) is 5.54. The van der Waals surface area contributed by atoms with Crippen molar-refractivity contribution in [2.75, 3.05) is 17.2 Å². The van der Waals surface area contributed by atoms with Gasteiger partial charge in [-0.2, -0.15) is 0 Å². The van der Waals surface area contributed by atoms with Crippen LogP contribution in [0.4, 0.5) is 25.0 Å². The normalized spacial score (nSPS) is 16.9. The minimum absolute atomic E-state index is 0.218. The molecule has 1 aliphatic heterocycles. The number of alkyl halides is 2. The molecule has 0 bridgehead atoms. The van der Waals surface area contributed by atoms with E-state index in [2.05, 4.69) is 10.6 Å². The SMILES string of the molecule is O=C(Nc1ccc(-n2ccccc2=O)cc1)C1CC(F)(F)CN1C(=O)Nc1ccc(Cl)cc1. The van der Waals surface area contributed by atoms with E-state index in [1.165, 1.54) is 22.8 Å². The predicted octanol–water partition coefficient (Wildman–Crippen LogP) is 4.37. The highest BCUT2D eigenvalue weighted by molar-refractivity contribution is 6.30. The molecule has 1 unspecified atom stereocenters. The fourth-order valence-electron chi connectivity index (χ4n) is 3.56. The molecule has 2 aromatic carbocycles. The summed E-state index contributed by atoms with van der Waals surface area (Å²) in [6.45, 7) is -0.875. The van der Waals surface area contributed by atoms with E-state index in [4.69, 9.17) is 11.6 Å². The molecule has 0 saturated carbocycles. The van der Waals surface area contributed by atoms with Gasteiger partial charge in [-0.25, -0.2) is 13.6 Å². The van der Waals surface area contributed by atoms with Gasteiger partial charge in [0.15, 0.2) is 0 Å². The number of pyridine rings is 1. The summed E-state index contributed by atoms with van der Waals surface area (Å²) < 4.78 is 29.7. The average molecular weight is 473 g/mol. The van der Waals surface area contributed by atoms with Crippen molar-refractivity contribution in [2.45, 2.75) is 18.4 Å². The minimum Gasteiger partial charge on any atom is -0.324 e. The van der Waals surface area contributed by atoms with Crippen LogP contribution in [0.25, 0.3) is 5.69 Å². The van der Waals surface area contributed by atoms with E-state index < -0.39 is 36.9 Å². The van der Waals surface area contributed by atoms with Crippen molar-refractivity contribution in [2.24, 2.45) is 0 Å². The van der Waals surface area contributed by atoms with Gasteiger partial charge in [-0.15, -0.1) is 0 Å². The number of nitrogens with one attached hydrogen (secondary N) is 2. The Kier molecular flexibility index (Phi) is 6.15. The predicted molar refractivity (Wildman–Crippen MR) is 121 cm³/mol. The summed E-state index contributed by atoms with van der Waals surface area (Å²) in [5.41, 5.74) is 1.08. The first-order chi connectivity index (χ1) is 15.7. The Hall–Kier alpha value is -3.72. The van der Waals surface area contributed by atoms with Crippen molar-refractivity contribution in [1.82, 2.24) is 9.47 Å². The maximum Gasteiger partial charge on any atom is 0.322 e. The summed E-state index contributed by atoms with van der Waals surface area (Å²) in [6, 6.07) is 15.1. The first-order valence-corrected chi connectivity index (χ1v) is 10.4. The van der Waals surface area contributed by atoms with E-state index in [0.29, 0.717) is 22.1 Å². The van der Waals surface area contributed by atoms with Gasteiger partial charge in [0.25, 0.3) is 11.5 Å². The van der Waals surface area contributed by atoms with Crippen LogP contribution in [0.2, 0.25) is 5.02 Å². The van der Waals surface area contributed by atoms with E-state index >= 15 is 0 Å². The number of likely N-dealkylation sites (tertiary alicyclic amines) is 1. The second-order valence-electron chi connectivity index (χ2n) is 7.59. The van der Waals surface area contributed by atoms with Gasteiger partial charge in [-0.05, 0) is 54.6 Å². The molecule has 10 heteroatoms. The molecule has 4 rings (SSSR count). The number of hydrogen-bond donors (Lipinski definition) is 2. The number of nitrogens with zero attached hydrogens (tertiary/aromatic N) is 2. The Balaban J connectivity index is 1.47. The number of carbonyl (C=O) groups excluding carboxylic acids is 2. The molecule has 0 radical (unpaired) electrons. The molecule has 0 spiro atoms. The first-order valence-electron chi connectivity index (χ1n) is 10.0. The van der Waals surface area contributed by atoms with Crippen LogP contribution in [-0.2, 0) is 4.79 Å². The van der Waals surface area contributed by atoms with Crippen molar-refractivity contribution in [3.05, 3.63) is 88.3 Å². The lowest BCUT2D eigenvalue weighted by atomic mass is 10.1. The molecule has 170 valence electrons. The van der Waals surface area contributed by atoms with Crippen LogP contribution < -0.4 is 16.2 Å². The number of rotatable bonds is 4. The molecule has 0 aliphatic carbocycles. The van der Waals surface area contributed by atoms with E-state index in [-0.39, 0.29) is 5.56 Å². The number of halogens is 3. The van der Waals surface area contributed by atoms with E-state index in [1.807, 2.05) is 0 Å². The molecule has 3 aromatic rings. The van der Waals surface area contributed by atoms with Crippen molar-refractivity contribution in [3.63, 3.8) is 0 Å². The molecule has 33 heavy (non-hydrogen) atoms. The van der Waals surface area contributed by atoms with Crippen molar-refractivity contribution < 1.29 is 18.4 Å². The Morgan fingerprint density at radius 1 is 0.939 bits per heavy atom. The molecule has 2 N–H and O–H groups in total.